The van der Waals surface area contributed by atoms with Crippen molar-refractivity contribution < 1.29 is 19.0 Å². The van der Waals surface area contributed by atoms with Crippen LogP contribution < -0.4 is 14.2 Å². The largest absolute Gasteiger partial charge is 0.493 e. The van der Waals surface area contributed by atoms with Gasteiger partial charge in [-0.3, -0.25) is 4.79 Å². The van der Waals surface area contributed by atoms with Crippen LogP contribution in [0.3, 0.4) is 0 Å². The standard InChI is InChI=1S/C12H16O4/c1-5-11(13)16-9-6-7-10(14-3)12(15-4)8(9)2/h6-7H,5H2,1-4H3. The maximum atomic E-state index is 11.2. The van der Waals surface area contributed by atoms with Gasteiger partial charge in [-0.2, -0.15) is 0 Å². The van der Waals surface area contributed by atoms with Crippen LogP contribution in [0, 0.1) is 6.92 Å². The van der Waals surface area contributed by atoms with Crippen molar-refractivity contribution in [2.45, 2.75) is 20.3 Å². The Bertz CT molecular complexity index is 385. The summed E-state index contributed by atoms with van der Waals surface area (Å²) < 4.78 is 15.5. The summed E-state index contributed by atoms with van der Waals surface area (Å²) in [7, 11) is 3.12. The molecule has 16 heavy (non-hydrogen) atoms. The van der Waals surface area contributed by atoms with Gasteiger partial charge in [-0.15, -0.1) is 0 Å². The Morgan fingerprint density at radius 1 is 1.19 bits per heavy atom. The van der Waals surface area contributed by atoms with E-state index in [-0.39, 0.29) is 5.97 Å². The van der Waals surface area contributed by atoms with Gasteiger partial charge in [0.2, 0.25) is 0 Å². The molecule has 0 aromatic heterocycles. The second-order valence-electron chi connectivity index (χ2n) is 3.25. The van der Waals surface area contributed by atoms with E-state index in [2.05, 4.69) is 0 Å². The van der Waals surface area contributed by atoms with E-state index in [0.717, 1.165) is 5.56 Å². The van der Waals surface area contributed by atoms with Crippen molar-refractivity contribution in [2.75, 3.05) is 14.2 Å². The predicted molar refractivity (Wildman–Crippen MR) is 60.2 cm³/mol. The van der Waals surface area contributed by atoms with Gasteiger partial charge in [0.15, 0.2) is 11.5 Å². The van der Waals surface area contributed by atoms with Crippen molar-refractivity contribution in [1.82, 2.24) is 0 Å². The van der Waals surface area contributed by atoms with Crippen LogP contribution in [0.15, 0.2) is 12.1 Å². The van der Waals surface area contributed by atoms with E-state index in [9.17, 15) is 4.79 Å². The van der Waals surface area contributed by atoms with Crippen LogP contribution in [0.2, 0.25) is 0 Å². The molecule has 1 aromatic carbocycles. The molecule has 0 aliphatic carbocycles. The first kappa shape index (κ1) is 12.4. The Morgan fingerprint density at radius 3 is 2.31 bits per heavy atom. The first-order valence-corrected chi connectivity index (χ1v) is 5.06. The summed E-state index contributed by atoms with van der Waals surface area (Å²) in [6.45, 7) is 3.57. The molecule has 0 atom stereocenters. The number of benzene rings is 1. The van der Waals surface area contributed by atoms with Crippen molar-refractivity contribution in [2.24, 2.45) is 0 Å². The normalized spacial score (nSPS) is 9.75. The van der Waals surface area contributed by atoms with Gasteiger partial charge in [0.25, 0.3) is 0 Å². The molecule has 0 unspecified atom stereocenters. The maximum Gasteiger partial charge on any atom is 0.310 e. The quantitative estimate of drug-likeness (QED) is 0.581. The van der Waals surface area contributed by atoms with Crippen LogP contribution in [0.25, 0.3) is 0 Å². The molecule has 0 aliphatic heterocycles. The van der Waals surface area contributed by atoms with Gasteiger partial charge >= 0.3 is 5.97 Å². The Labute approximate surface area is 95.1 Å². The molecule has 0 amide bonds. The van der Waals surface area contributed by atoms with E-state index in [1.807, 2.05) is 6.92 Å². The molecule has 4 nitrogen and oxygen atoms in total. The molecule has 0 fully saturated rings. The second kappa shape index (κ2) is 5.39. The Hall–Kier alpha value is -1.71. The minimum absolute atomic E-state index is 0.268. The topological polar surface area (TPSA) is 44.8 Å². The Morgan fingerprint density at radius 2 is 1.81 bits per heavy atom. The summed E-state index contributed by atoms with van der Waals surface area (Å²) >= 11 is 0. The second-order valence-corrected chi connectivity index (χ2v) is 3.25. The van der Waals surface area contributed by atoms with Crippen LogP contribution >= 0.6 is 0 Å². The highest BCUT2D eigenvalue weighted by Crippen LogP contribution is 2.36. The highest BCUT2D eigenvalue weighted by Gasteiger charge is 2.13. The molecule has 0 saturated carbocycles. The zero-order valence-electron chi connectivity index (χ0n) is 9.99. The lowest BCUT2D eigenvalue weighted by molar-refractivity contribution is -0.134. The molecule has 0 N–H and O–H groups in total. The highest BCUT2D eigenvalue weighted by atomic mass is 16.5. The number of methoxy groups -OCH3 is 2. The monoisotopic (exact) mass is 224 g/mol. The third kappa shape index (κ3) is 2.45. The number of ether oxygens (including phenoxy) is 3. The zero-order valence-corrected chi connectivity index (χ0v) is 9.99. The van der Waals surface area contributed by atoms with Crippen molar-refractivity contribution in [3.8, 4) is 17.2 Å². The van der Waals surface area contributed by atoms with Gasteiger partial charge in [0.1, 0.15) is 5.75 Å². The predicted octanol–water partition coefficient (Wildman–Crippen LogP) is 2.33. The zero-order chi connectivity index (χ0) is 12.1. The number of rotatable bonds is 4. The fourth-order valence-electron chi connectivity index (χ4n) is 1.37. The van der Waals surface area contributed by atoms with Crippen LogP contribution in [-0.2, 0) is 4.79 Å². The molecule has 88 valence electrons. The molecular weight excluding hydrogens is 208 g/mol. The smallest absolute Gasteiger partial charge is 0.310 e. The van der Waals surface area contributed by atoms with Crippen molar-refractivity contribution in [3.63, 3.8) is 0 Å². The molecule has 0 aliphatic rings. The average molecular weight is 224 g/mol. The molecule has 4 heteroatoms. The molecule has 0 radical (unpaired) electrons. The van der Waals surface area contributed by atoms with Crippen LogP contribution in [0.5, 0.6) is 17.2 Å². The van der Waals surface area contributed by atoms with E-state index < -0.39 is 0 Å². The van der Waals surface area contributed by atoms with Crippen molar-refractivity contribution >= 4 is 5.97 Å². The number of hydrogen-bond donors (Lipinski definition) is 0. The lowest BCUT2D eigenvalue weighted by Crippen LogP contribution is -2.07. The summed E-state index contributed by atoms with van der Waals surface area (Å²) in [6.07, 6.45) is 0.341. The van der Waals surface area contributed by atoms with Gasteiger partial charge in [0.05, 0.1) is 14.2 Å². The number of esters is 1. The van der Waals surface area contributed by atoms with Gasteiger partial charge in [0, 0.05) is 12.0 Å². The minimum atomic E-state index is -0.268. The number of carbonyl (C=O) groups excluding carboxylic acids is 1. The van der Waals surface area contributed by atoms with Crippen molar-refractivity contribution in [1.29, 1.82) is 0 Å². The number of hydrogen-bond acceptors (Lipinski definition) is 4. The summed E-state index contributed by atoms with van der Waals surface area (Å²) in [5.41, 5.74) is 0.753. The van der Waals surface area contributed by atoms with Gasteiger partial charge in [-0.1, -0.05) is 6.92 Å². The Balaban J connectivity index is 3.08. The van der Waals surface area contributed by atoms with Crippen LogP contribution in [0.4, 0.5) is 0 Å². The van der Waals surface area contributed by atoms with E-state index in [0.29, 0.717) is 23.7 Å². The summed E-state index contributed by atoms with van der Waals surface area (Å²) in [5.74, 6) is 1.44. The summed E-state index contributed by atoms with van der Waals surface area (Å²) in [5, 5.41) is 0. The lowest BCUT2D eigenvalue weighted by atomic mass is 10.2. The maximum absolute atomic E-state index is 11.2. The lowest BCUT2D eigenvalue weighted by Gasteiger charge is -2.13. The minimum Gasteiger partial charge on any atom is -0.493 e. The molecule has 0 bridgehead atoms. The molecule has 0 spiro atoms. The molecule has 1 rings (SSSR count). The SMILES string of the molecule is CCC(=O)Oc1ccc(OC)c(OC)c1C. The van der Waals surface area contributed by atoms with E-state index >= 15 is 0 Å². The highest BCUT2D eigenvalue weighted by molar-refractivity contribution is 5.73. The van der Waals surface area contributed by atoms with E-state index in [1.54, 1.807) is 33.3 Å². The van der Waals surface area contributed by atoms with Gasteiger partial charge < -0.3 is 14.2 Å². The first-order chi connectivity index (χ1) is 7.63. The van der Waals surface area contributed by atoms with Gasteiger partial charge in [-0.25, -0.2) is 0 Å². The summed E-state index contributed by atoms with van der Waals surface area (Å²) in [4.78, 5) is 11.2. The Kier molecular flexibility index (Phi) is 4.17. The van der Waals surface area contributed by atoms with E-state index in [4.69, 9.17) is 14.2 Å². The van der Waals surface area contributed by atoms with Crippen LogP contribution in [-0.4, -0.2) is 20.2 Å². The third-order valence-corrected chi connectivity index (χ3v) is 2.26. The average Bonchev–Trinajstić information content (AvgIpc) is 2.31. The fourth-order valence-corrected chi connectivity index (χ4v) is 1.37. The fraction of sp³-hybridized carbons (Fsp3) is 0.417. The molecule has 1 aromatic rings. The van der Waals surface area contributed by atoms with E-state index in [1.165, 1.54) is 0 Å². The molecule has 0 heterocycles. The molecule has 0 saturated heterocycles. The van der Waals surface area contributed by atoms with Gasteiger partial charge in [-0.05, 0) is 19.1 Å². The third-order valence-electron chi connectivity index (χ3n) is 2.26. The van der Waals surface area contributed by atoms with Crippen LogP contribution in [0.1, 0.15) is 18.9 Å². The summed E-state index contributed by atoms with van der Waals surface area (Å²) in [6, 6.07) is 3.41. The first-order valence-electron chi connectivity index (χ1n) is 5.06. The number of carbonyl (C=O) groups is 1. The van der Waals surface area contributed by atoms with Crippen molar-refractivity contribution in [3.05, 3.63) is 17.7 Å². The molecular formula is C12H16O4.